The highest BCUT2D eigenvalue weighted by Crippen LogP contribution is 2.20. The fourth-order valence-electron chi connectivity index (χ4n) is 0.746. The molecule has 1 rings (SSSR count). The number of thioether (sulfide) groups is 1. The Morgan fingerprint density at radius 3 is 2.92 bits per heavy atom. The van der Waals surface area contributed by atoms with Gasteiger partial charge >= 0.3 is 0 Å². The summed E-state index contributed by atoms with van der Waals surface area (Å²) < 4.78 is 0.968. The van der Waals surface area contributed by atoms with Crippen molar-refractivity contribution >= 4 is 33.6 Å². The topological polar surface area (TPSA) is 56.0 Å². The maximum absolute atomic E-state index is 10.5. The van der Waals surface area contributed by atoms with Gasteiger partial charge in [-0.05, 0) is 35.0 Å². The Morgan fingerprint density at radius 2 is 2.38 bits per heavy atom. The number of carbonyl (C=O) groups excluding carboxylic acids is 1. The Kier molecular flexibility index (Phi) is 3.74. The van der Waals surface area contributed by atoms with Crippen molar-refractivity contribution in [3.63, 3.8) is 0 Å². The first-order chi connectivity index (χ1) is 6.09. The molecule has 1 heterocycles. The summed E-state index contributed by atoms with van der Waals surface area (Å²) >= 11 is 4.69. The number of primary amides is 1. The van der Waals surface area contributed by atoms with Gasteiger partial charge in [-0.15, -0.1) is 0 Å². The molecular weight excluding hydrogens is 252 g/mol. The largest absolute Gasteiger partial charge is 0.369 e. The summed E-state index contributed by atoms with van der Waals surface area (Å²) in [5.74, 6) is -0.0546. The molecule has 0 atom stereocenters. The normalized spacial score (nSPS) is 10.0. The number of rotatable bonds is 3. The van der Waals surface area contributed by atoms with Gasteiger partial charge in [-0.2, -0.15) is 0 Å². The Morgan fingerprint density at radius 1 is 1.69 bits per heavy atom. The number of aryl methyl sites for hydroxylation is 1. The number of nitrogens with zero attached hydrogens (tertiary/aromatic N) is 1. The summed E-state index contributed by atoms with van der Waals surface area (Å²) in [6, 6.07) is 3.76. The first kappa shape index (κ1) is 10.5. The fraction of sp³-hybridized carbons (Fsp3) is 0.250. The van der Waals surface area contributed by atoms with E-state index in [-0.39, 0.29) is 11.7 Å². The lowest BCUT2D eigenvalue weighted by atomic mass is 10.4. The fourth-order valence-corrected chi connectivity index (χ4v) is 1.62. The van der Waals surface area contributed by atoms with Crippen LogP contribution in [-0.2, 0) is 4.79 Å². The van der Waals surface area contributed by atoms with Crippen LogP contribution in [0.15, 0.2) is 21.6 Å². The maximum atomic E-state index is 10.5. The second-order valence-electron chi connectivity index (χ2n) is 2.47. The van der Waals surface area contributed by atoms with E-state index < -0.39 is 0 Å². The van der Waals surface area contributed by atoms with Crippen LogP contribution in [0.5, 0.6) is 0 Å². The number of carbonyl (C=O) groups is 1. The predicted octanol–water partition coefficient (Wildman–Crippen LogP) is 1.73. The van der Waals surface area contributed by atoms with Crippen LogP contribution in [0.2, 0.25) is 0 Å². The van der Waals surface area contributed by atoms with Gasteiger partial charge in [0.05, 0.1) is 16.5 Å². The zero-order valence-corrected chi connectivity index (χ0v) is 9.48. The van der Waals surface area contributed by atoms with E-state index in [1.165, 1.54) is 11.8 Å². The summed E-state index contributed by atoms with van der Waals surface area (Å²) in [5.41, 5.74) is 5.92. The van der Waals surface area contributed by atoms with Crippen LogP contribution >= 0.6 is 27.7 Å². The summed E-state index contributed by atoms with van der Waals surface area (Å²) in [6.45, 7) is 1.90. The highest BCUT2D eigenvalue weighted by molar-refractivity contribution is 9.10. The molecule has 13 heavy (non-hydrogen) atoms. The Balaban J connectivity index is 2.68. The van der Waals surface area contributed by atoms with Gasteiger partial charge in [0.1, 0.15) is 0 Å². The van der Waals surface area contributed by atoms with Crippen molar-refractivity contribution in [2.75, 3.05) is 5.75 Å². The molecule has 0 aromatic carbocycles. The molecule has 0 spiro atoms. The molecule has 0 saturated heterocycles. The SMILES string of the molecule is Cc1nc(SCC(N)=O)ccc1Br. The number of hydrogen-bond donors (Lipinski definition) is 1. The first-order valence-electron chi connectivity index (χ1n) is 3.64. The first-order valence-corrected chi connectivity index (χ1v) is 5.41. The van der Waals surface area contributed by atoms with Crippen LogP contribution in [0.3, 0.4) is 0 Å². The molecule has 1 amide bonds. The van der Waals surface area contributed by atoms with Crippen LogP contribution in [0, 0.1) is 6.92 Å². The van der Waals surface area contributed by atoms with Gasteiger partial charge in [-0.1, -0.05) is 11.8 Å². The summed E-state index contributed by atoms with van der Waals surface area (Å²) in [7, 11) is 0. The number of pyridine rings is 1. The van der Waals surface area contributed by atoms with Crippen LogP contribution in [0.4, 0.5) is 0 Å². The molecule has 0 bridgehead atoms. The van der Waals surface area contributed by atoms with Gasteiger partial charge in [0.25, 0.3) is 0 Å². The standard InChI is InChI=1S/C8H9BrN2OS/c1-5-6(9)2-3-8(11-5)13-4-7(10)12/h2-3H,4H2,1H3,(H2,10,12). The molecule has 0 aliphatic heterocycles. The van der Waals surface area contributed by atoms with E-state index in [2.05, 4.69) is 20.9 Å². The second-order valence-corrected chi connectivity index (χ2v) is 4.32. The minimum absolute atomic E-state index is 0.272. The maximum Gasteiger partial charge on any atom is 0.227 e. The van der Waals surface area contributed by atoms with Crippen molar-refractivity contribution in [1.29, 1.82) is 0 Å². The molecule has 0 radical (unpaired) electrons. The molecule has 0 unspecified atom stereocenters. The third kappa shape index (κ3) is 3.36. The predicted molar refractivity (Wildman–Crippen MR) is 56.6 cm³/mol. The van der Waals surface area contributed by atoms with E-state index >= 15 is 0 Å². The van der Waals surface area contributed by atoms with E-state index in [4.69, 9.17) is 5.73 Å². The van der Waals surface area contributed by atoms with E-state index in [9.17, 15) is 4.79 Å². The van der Waals surface area contributed by atoms with Crippen molar-refractivity contribution in [3.8, 4) is 0 Å². The summed E-state index contributed by atoms with van der Waals surface area (Å²) in [6.07, 6.45) is 0. The van der Waals surface area contributed by atoms with E-state index in [1.54, 1.807) is 0 Å². The average Bonchev–Trinajstić information content (AvgIpc) is 2.07. The van der Waals surface area contributed by atoms with Gasteiger partial charge in [0.2, 0.25) is 5.91 Å². The Labute approximate surface area is 89.2 Å². The van der Waals surface area contributed by atoms with Gasteiger partial charge in [0.15, 0.2) is 0 Å². The molecule has 0 fully saturated rings. The lowest BCUT2D eigenvalue weighted by Gasteiger charge is -2.01. The highest BCUT2D eigenvalue weighted by Gasteiger charge is 2.01. The van der Waals surface area contributed by atoms with Crippen molar-refractivity contribution in [2.45, 2.75) is 11.9 Å². The second kappa shape index (κ2) is 4.62. The van der Waals surface area contributed by atoms with E-state index in [0.717, 1.165) is 15.2 Å². The van der Waals surface area contributed by atoms with Crippen LogP contribution in [0.25, 0.3) is 0 Å². The summed E-state index contributed by atoms with van der Waals surface area (Å²) in [4.78, 5) is 14.7. The van der Waals surface area contributed by atoms with Gasteiger partial charge in [-0.3, -0.25) is 4.79 Å². The van der Waals surface area contributed by atoms with Crippen molar-refractivity contribution < 1.29 is 4.79 Å². The third-order valence-electron chi connectivity index (χ3n) is 1.36. The van der Waals surface area contributed by atoms with E-state index in [0.29, 0.717) is 0 Å². The lowest BCUT2D eigenvalue weighted by molar-refractivity contribution is -0.115. The number of amides is 1. The molecule has 5 heteroatoms. The zero-order valence-electron chi connectivity index (χ0n) is 7.08. The molecular formula is C8H9BrN2OS. The van der Waals surface area contributed by atoms with Crippen molar-refractivity contribution in [1.82, 2.24) is 4.98 Å². The number of hydrogen-bond acceptors (Lipinski definition) is 3. The summed E-state index contributed by atoms with van der Waals surface area (Å²) in [5, 5.41) is 0.819. The van der Waals surface area contributed by atoms with Crippen LogP contribution in [0.1, 0.15) is 5.69 Å². The molecule has 70 valence electrons. The average molecular weight is 261 g/mol. The van der Waals surface area contributed by atoms with Crippen molar-refractivity contribution in [2.24, 2.45) is 5.73 Å². The molecule has 0 aliphatic carbocycles. The molecule has 0 saturated carbocycles. The minimum atomic E-state index is -0.327. The Hall–Kier alpha value is -0.550. The molecule has 0 aliphatic rings. The van der Waals surface area contributed by atoms with Gasteiger partial charge in [0, 0.05) is 4.47 Å². The van der Waals surface area contributed by atoms with Crippen molar-refractivity contribution in [3.05, 3.63) is 22.3 Å². The molecule has 2 N–H and O–H groups in total. The molecule has 3 nitrogen and oxygen atoms in total. The Bertz CT molecular complexity index is 330. The highest BCUT2D eigenvalue weighted by atomic mass is 79.9. The lowest BCUT2D eigenvalue weighted by Crippen LogP contribution is -2.13. The zero-order chi connectivity index (χ0) is 9.84. The van der Waals surface area contributed by atoms with Gasteiger partial charge in [-0.25, -0.2) is 4.98 Å². The van der Waals surface area contributed by atoms with Crippen LogP contribution in [-0.4, -0.2) is 16.6 Å². The molecule has 1 aromatic rings. The number of halogens is 1. The molecule has 1 aromatic heterocycles. The quantitative estimate of drug-likeness (QED) is 0.843. The number of nitrogens with two attached hydrogens (primary N) is 1. The monoisotopic (exact) mass is 260 g/mol. The van der Waals surface area contributed by atoms with Gasteiger partial charge < -0.3 is 5.73 Å². The van der Waals surface area contributed by atoms with E-state index in [1.807, 2.05) is 19.1 Å². The van der Waals surface area contributed by atoms with Crippen LogP contribution < -0.4 is 5.73 Å². The number of aromatic nitrogens is 1. The smallest absolute Gasteiger partial charge is 0.227 e. The minimum Gasteiger partial charge on any atom is -0.369 e. The third-order valence-corrected chi connectivity index (χ3v) is 3.15.